The molecule has 2 rings (SSSR count). The van der Waals surface area contributed by atoms with Crippen LogP contribution in [0.4, 0.5) is 0 Å². The highest BCUT2D eigenvalue weighted by Crippen LogP contribution is 2.25. The van der Waals surface area contributed by atoms with Crippen molar-refractivity contribution in [3.8, 4) is 0 Å². The first-order valence-electron chi connectivity index (χ1n) is 6.80. The minimum absolute atomic E-state index is 0.0474. The standard InChI is InChI=1S/C15H21NO3S/c1-4-7-16-13(10-20(3,17)18)15-9-12-8-11(2)5-6-14(12)19-15/h5-6,8-9,13,16H,4,7,10H2,1-3H3. The first kappa shape index (κ1) is 15.1. The smallest absolute Gasteiger partial charge is 0.149 e. The molecule has 0 fully saturated rings. The normalized spacial score (nSPS) is 13.8. The molecule has 1 aromatic carbocycles. The molecule has 0 bridgehead atoms. The molecule has 110 valence electrons. The van der Waals surface area contributed by atoms with Gasteiger partial charge in [-0.2, -0.15) is 0 Å². The van der Waals surface area contributed by atoms with Crippen LogP contribution >= 0.6 is 0 Å². The van der Waals surface area contributed by atoms with Crippen molar-refractivity contribution in [2.45, 2.75) is 26.3 Å². The maximum atomic E-state index is 11.6. The van der Waals surface area contributed by atoms with E-state index in [1.165, 1.54) is 6.26 Å². The number of hydrogen-bond donors (Lipinski definition) is 1. The third kappa shape index (κ3) is 3.84. The number of fused-ring (bicyclic) bond motifs is 1. The number of benzene rings is 1. The Bertz CT molecular complexity index is 688. The van der Waals surface area contributed by atoms with Gasteiger partial charge in [0, 0.05) is 11.6 Å². The number of aryl methyl sites for hydroxylation is 1. The molecule has 4 nitrogen and oxygen atoms in total. The van der Waals surface area contributed by atoms with Crippen molar-refractivity contribution >= 4 is 20.8 Å². The van der Waals surface area contributed by atoms with E-state index in [1.807, 2.05) is 38.1 Å². The summed E-state index contributed by atoms with van der Waals surface area (Å²) in [6.45, 7) is 4.83. The Morgan fingerprint density at radius 2 is 2.05 bits per heavy atom. The Hall–Kier alpha value is -1.33. The van der Waals surface area contributed by atoms with Crippen molar-refractivity contribution in [1.82, 2.24) is 5.32 Å². The van der Waals surface area contributed by atoms with Gasteiger partial charge in [-0.3, -0.25) is 0 Å². The zero-order chi connectivity index (χ0) is 14.8. The van der Waals surface area contributed by atoms with Crippen LogP contribution < -0.4 is 5.32 Å². The number of hydrogen-bond acceptors (Lipinski definition) is 4. The summed E-state index contributed by atoms with van der Waals surface area (Å²) in [5.41, 5.74) is 1.95. The van der Waals surface area contributed by atoms with Gasteiger partial charge in [-0.15, -0.1) is 0 Å². The van der Waals surface area contributed by atoms with Crippen molar-refractivity contribution in [2.24, 2.45) is 0 Å². The quantitative estimate of drug-likeness (QED) is 0.890. The second kappa shape index (κ2) is 5.97. The summed E-state index contributed by atoms with van der Waals surface area (Å²) >= 11 is 0. The monoisotopic (exact) mass is 295 g/mol. The number of sulfone groups is 1. The summed E-state index contributed by atoms with van der Waals surface area (Å²) in [5, 5.41) is 4.26. The van der Waals surface area contributed by atoms with Crippen LogP contribution in [0.5, 0.6) is 0 Å². The predicted molar refractivity (Wildman–Crippen MR) is 81.7 cm³/mol. The van der Waals surface area contributed by atoms with E-state index >= 15 is 0 Å². The van der Waals surface area contributed by atoms with Gasteiger partial charge in [0.2, 0.25) is 0 Å². The molecule has 0 aliphatic rings. The van der Waals surface area contributed by atoms with E-state index in [1.54, 1.807) is 0 Å². The summed E-state index contributed by atoms with van der Waals surface area (Å²) in [6, 6.07) is 7.59. The van der Waals surface area contributed by atoms with E-state index in [2.05, 4.69) is 5.32 Å². The molecule has 0 saturated carbocycles. The molecule has 1 atom stereocenters. The van der Waals surface area contributed by atoms with Gasteiger partial charge >= 0.3 is 0 Å². The Balaban J connectivity index is 2.34. The van der Waals surface area contributed by atoms with Crippen molar-refractivity contribution in [3.63, 3.8) is 0 Å². The maximum absolute atomic E-state index is 11.6. The van der Waals surface area contributed by atoms with Crippen molar-refractivity contribution in [3.05, 3.63) is 35.6 Å². The molecule has 0 saturated heterocycles. The molecule has 0 spiro atoms. The number of rotatable bonds is 6. The minimum atomic E-state index is -3.07. The lowest BCUT2D eigenvalue weighted by atomic mass is 10.1. The third-order valence-corrected chi connectivity index (χ3v) is 4.08. The van der Waals surface area contributed by atoms with Gasteiger partial charge in [0.05, 0.1) is 11.8 Å². The fourth-order valence-electron chi connectivity index (χ4n) is 2.22. The molecule has 1 unspecified atom stereocenters. The fraction of sp³-hybridized carbons (Fsp3) is 0.467. The second-order valence-corrected chi connectivity index (χ2v) is 7.47. The van der Waals surface area contributed by atoms with Gasteiger partial charge < -0.3 is 9.73 Å². The van der Waals surface area contributed by atoms with Crippen LogP contribution in [-0.2, 0) is 9.84 Å². The predicted octanol–water partition coefficient (Wildman–Crippen LogP) is 2.83. The van der Waals surface area contributed by atoms with Crippen LogP contribution in [0.2, 0.25) is 0 Å². The second-order valence-electron chi connectivity index (χ2n) is 5.29. The van der Waals surface area contributed by atoms with E-state index in [9.17, 15) is 8.42 Å². The van der Waals surface area contributed by atoms with Gasteiger partial charge in [0.25, 0.3) is 0 Å². The lowest BCUT2D eigenvalue weighted by molar-refractivity contribution is 0.450. The summed E-state index contributed by atoms with van der Waals surface area (Å²) in [6.07, 6.45) is 2.19. The zero-order valence-corrected chi connectivity index (χ0v) is 13.0. The lowest BCUT2D eigenvalue weighted by Crippen LogP contribution is -2.28. The topological polar surface area (TPSA) is 59.3 Å². The molecule has 2 aromatic rings. The van der Waals surface area contributed by atoms with Crippen molar-refractivity contribution in [2.75, 3.05) is 18.6 Å². The molecule has 20 heavy (non-hydrogen) atoms. The average molecular weight is 295 g/mol. The Morgan fingerprint density at radius 1 is 1.30 bits per heavy atom. The van der Waals surface area contributed by atoms with E-state index in [-0.39, 0.29) is 11.8 Å². The molecule has 0 amide bonds. The average Bonchev–Trinajstić information content (AvgIpc) is 2.75. The van der Waals surface area contributed by atoms with Crippen LogP contribution in [0, 0.1) is 6.92 Å². The first-order valence-corrected chi connectivity index (χ1v) is 8.86. The largest absolute Gasteiger partial charge is 0.459 e. The van der Waals surface area contributed by atoms with Crippen LogP contribution in [-0.4, -0.2) is 27.0 Å². The third-order valence-electron chi connectivity index (χ3n) is 3.14. The van der Waals surface area contributed by atoms with Crippen LogP contribution in [0.1, 0.15) is 30.7 Å². The number of nitrogens with one attached hydrogen (secondary N) is 1. The van der Waals surface area contributed by atoms with E-state index < -0.39 is 9.84 Å². The van der Waals surface area contributed by atoms with Crippen molar-refractivity contribution in [1.29, 1.82) is 0 Å². The molecule has 0 aliphatic heterocycles. The first-order chi connectivity index (χ1) is 9.39. The molecular formula is C15H21NO3S. The molecule has 0 aliphatic carbocycles. The molecule has 1 aromatic heterocycles. The molecular weight excluding hydrogens is 274 g/mol. The minimum Gasteiger partial charge on any atom is -0.459 e. The summed E-state index contributed by atoms with van der Waals surface area (Å²) in [5.74, 6) is 0.732. The highest BCUT2D eigenvalue weighted by molar-refractivity contribution is 7.90. The van der Waals surface area contributed by atoms with Gasteiger partial charge in [0.15, 0.2) is 0 Å². The number of furan rings is 1. The van der Waals surface area contributed by atoms with Crippen LogP contribution in [0.15, 0.2) is 28.7 Å². The Morgan fingerprint density at radius 3 is 2.70 bits per heavy atom. The summed E-state index contributed by atoms with van der Waals surface area (Å²) in [7, 11) is -3.07. The maximum Gasteiger partial charge on any atom is 0.149 e. The van der Waals surface area contributed by atoms with Crippen LogP contribution in [0.3, 0.4) is 0 Å². The summed E-state index contributed by atoms with van der Waals surface area (Å²) in [4.78, 5) is 0. The highest BCUT2D eigenvalue weighted by atomic mass is 32.2. The fourth-order valence-corrected chi connectivity index (χ4v) is 3.11. The van der Waals surface area contributed by atoms with Gasteiger partial charge in [-0.1, -0.05) is 18.6 Å². The van der Waals surface area contributed by atoms with Gasteiger partial charge in [0.1, 0.15) is 21.2 Å². The molecule has 5 heteroatoms. The summed E-state index contributed by atoms with van der Waals surface area (Å²) < 4.78 is 28.9. The van der Waals surface area contributed by atoms with E-state index in [4.69, 9.17) is 4.42 Å². The van der Waals surface area contributed by atoms with Crippen LogP contribution in [0.25, 0.3) is 11.0 Å². The molecule has 0 radical (unpaired) electrons. The lowest BCUT2D eigenvalue weighted by Gasteiger charge is -2.14. The zero-order valence-electron chi connectivity index (χ0n) is 12.1. The molecule has 1 N–H and O–H groups in total. The highest BCUT2D eigenvalue weighted by Gasteiger charge is 2.20. The SMILES string of the molecule is CCCNC(CS(C)(=O)=O)c1cc2cc(C)ccc2o1. The molecule has 1 heterocycles. The Labute approximate surface area is 120 Å². The van der Waals surface area contributed by atoms with E-state index in [0.29, 0.717) is 5.76 Å². The van der Waals surface area contributed by atoms with Crippen molar-refractivity contribution < 1.29 is 12.8 Å². The van der Waals surface area contributed by atoms with E-state index in [0.717, 1.165) is 29.5 Å². The Kier molecular flexibility index (Phi) is 4.50. The van der Waals surface area contributed by atoms with Gasteiger partial charge in [-0.25, -0.2) is 8.42 Å². The van der Waals surface area contributed by atoms with Gasteiger partial charge in [-0.05, 0) is 38.1 Å².